The van der Waals surface area contributed by atoms with Gasteiger partial charge >= 0.3 is 0 Å². The molecule has 15 heavy (non-hydrogen) atoms. The van der Waals surface area contributed by atoms with E-state index in [1.165, 1.54) is 0 Å². The molecular formula is C11H13N3O. The molecule has 1 aromatic carbocycles. The minimum atomic E-state index is -0.334. The van der Waals surface area contributed by atoms with Crippen LogP contribution in [0.15, 0.2) is 34.9 Å². The lowest BCUT2D eigenvalue weighted by molar-refractivity contribution is 0.363. The standard InChI is InChI=1S/C11H13N3O/c1-2-9-13-11(15-14-9)10(12)8-6-4-3-5-7-8/h3-7,10H,2,12H2,1H3/t10-/m0/s1. The second-order valence-electron chi connectivity index (χ2n) is 3.29. The van der Waals surface area contributed by atoms with E-state index in [-0.39, 0.29) is 6.04 Å². The van der Waals surface area contributed by atoms with Gasteiger partial charge in [0.05, 0.1) is 0 Å². The molecule has 2 N–H and O–H groups in total. The van der Waals surface area contributed by atoms with Crippen molar-refractivity contribution in [1.82, 2.24) is 10.1 Å². The summed E-state index contributed by atoms with van der Waals surface area (Å²) >= 11 is 0. The second-order valence-corrected chi connectivity index (χ2v) is 3.29. The summed E-state index contributed by atoms with van der Waals surface area (Å²) < 4.78 is 5.09. The zero-order valence-electron chi connectivity index (χ0n) is 8.55. The van der Waals surface area contributed by atoms with E-state index in [9.17, 15) is 0 Å². The number of aryl methyl sites for hydroxylation is 1. The fourth-order valence-corrected chi connectivity index (χ4v) is 1.34. The predicted octanol–water partition coefficient (Wildman–Crippen LogP) is 1.68. The lowest BCUT2D eigenvalue weighted by Gasteiger charge is -2.05. The van der Waals surface area contributed by atoms with Gasteiger partial charge in [-0.3, -0.25) is 0 Å². The van der Waals surface area contributed by atoms with E-state index in [0.29, 0.717) is 11.7 Å². The number of aromatic nitrogens is 2. The molecular weight excluding hydrogens is 190 g/mol. The average molecular weight is 203 g/mol. The number of rotatable bonds is 3. The Kier molecular flexibility index (Phi) is 2.78. The molecule has 4 nitrogen and oxygen atoms in total. The SMILES string of the molecule is CCc1noc([C@@H](N)c2ccccc2)n1. The van der Waals surface area contributed by atoms with Gasteiger partial charge in [-0.05, 0) is 5.56 Å². The van der Waals surface area contributed by atoms with Gasteiger partial charge in [-0.2, -0.15) is 4.98 Å². The first-order chi connectivity index (χ1) is 7.31. The van der Waals surface area contributed by atoms with Crippen LogP contribution in [0.1, 0.15) is 30.2 Å². The number of nitrogens with two attached hydrogens (primary N) is 1. The van der Waals surface area contributed by atoms with Crippen LogP contribution in [-0.2, 0) is 6.42 Å². The first-order valence-corrected chi connectivity index (χ1v) is 4.94. The Balaban J connectivity index is 2.24. The summed E-state index contributed by atoms with van der Waals surface area (Å²) in [6.45, 7) is 1.97. The molecule has 2 aromatic rings. The Hall–Kier alpha value is -1.68. The van der Waals surface area contributed by atoms with Crippen molar-refractivity contribution in [2.75, 3.05) is 0 Å². The van der Waals surface area contributed by atoms with Crippen LogP contribution in [0, 0.1) is 0 Å². The maximum Gasteiger partial charge on any atom is 0.248 e. The van der Waals surface area contributed by atoms with Crippen molar-refractivity contribution < 1.29 is 4.52 Å². The van der Waals surface area contributed by atoms with E-state index in [0.717, 1.165) is 12.0 Å². The van der Waals surface area contributed by atoms with E-state index in [1.54, 1.807) is 0 Å². The Labute approximate surface area is 88.1 Å². The van der Waals surface area contributed by atoms with Crippen molar-refractivity contribution in [1.29, 1.82) is 0 Å². The van der Waals surface area contributed by atoms with Crippen LogP contribution in [0.25, 0.3) is 0 Å². The van der Waals surface area contributed by atoms with Crippen LogP contribution in [0.3, 0.4) is 0 Å². The number of benzene rings is 1. The van der Waals surface area contributed by atoms with Crippen LogP contribution < -0.4 is 5.73 Å². The van der Waals surface area contributed by atoms with Crippen LogP contribution in [-0.4, -0.2) is 10.1 Å². The quantitative estimate of drug-likeness (QED) is 0.824. The van der Waals surface area contributed by atoms with Gasteiger partial charge in [-0.1, -0.05) is 42.4 Å². The van der Waals surface area contributed by atoms with E-state index in [2.05, 4.69) is 10.1 Å². The van der Waals surface area contributed by atoms with Crippen LogP contribution in [0.4, 0.5) is 0 Å². The van der Waals surface area contributed by atoms with Gasteiger partial charge in [0.25, 0.3) is 0 Å². The zero-order valence-corrected chi connectivity index (χ0v) is 8.55. The highest BCUT2D eigenvalue weighted by Gasteiger charge is 2.15. The van der Waals surface area contributed by atoms with Crippen LogP contribution in [0.2, 0.25) is 0 Å². The first-order valence-electron chi connectivity index (χ1n) is 4.94. The molecule has 1 heterocycles. The molecule has 0 amide bonds. The first kappa shape index (κ1) is 9.86. The van der Waals surface area contributed by atoms with Crippen LogP contribution in [0.5, 0.6) is 0 Å². The summed E-state index contributed by atoms with van der Waals surface area (Å²) in [6, 6.07) is 9.38. The molecule has 0 aliphatic heterocycles. The van der Waals surface area contributed by atoms with E-state index in [1.807, 2.05) is 37.3 Å². The summed E-state index contributed by atoms with van der Waals surface area (Å²) in [5, 5.41) is 3.82. The highest BCUT2D eigenvalue weighted by molar-refractivity contribution is 5.22. The van der Waals surface area contributed by atoms with Crippen molar-refractivity contribution >= 4 is 0 Å². The topological polar surface area (TPSA) is 64.9 Å². The number of hydrogen-bond acceptors (Lipinski definition) is 4. The smallest absolute Gasteiger partial charge is 0.248 e. The fourth-order valence-electron chi connectivity index (χ4n) is 1.34. The normalized spacial score (nSPS) is 12.7. The summed E-state index contributed by atoms with van der Waals surface area (Å²) in [5.74, 6) is 1.16. The molecule has 1 aromatic heterocycles. The minimum Gasteiger partial charge on any atom is -0.337 e. The highest BCUT2D eigenvalue weighted by Crippen LogP contribution is 2.17. The van der Waals surface area contributed by atoms with Crippen molar-refractivity contribution in [3.63, 3.8) is 0 Å². The van der Waals surface area contributed by atoms with Crippen molar-refractivity contribution in [3.05, 3.63) is 47.6 Å². The van der Waals surface area contributed by atoms with Crippen molar-refractivity contribution in [2.24, 2.45) is 5.73 Å². The Bertz CT molecular complexity index is 424. The maximum atomic E-state index is 5.99. The number of nitrogens with zero attached hydrogens (tertiary/aromatic N) is 2. The third kappa shape index (κ3) is 2.05. The molecule has 0 radical (unpaired) electrons. The molecule has 0 spiro atoms. The lowest BCUT2D eigenvalue weighted by atomic mass is 10.1. The van der Waals surface area contributed by atoms with Gasteiger partial charge < -0.3 is 10.3 Å². The number of hydrogen-bond donors (Lipinski definition) is 1. The van der Waals surface area contributed by atoms with Crippen molar-refractivity contribution in [2.45, 2.75) is 19.4 Å². The van der Waals surface area contributed by atoms with Gasteiger partial charge in [0.2, 0.25) is 5.89 Å². The van der Waals surface area contributed by atoms with Gasteiger partial charge in [0.1, 0.15) is 6.04 Å². The van der Waals surface area contributed by atoms with Gasteiger partial charge in [0, 0.05) is 6.42 Å². The van der Waals surface area contributed by atoms with Gasteiger partial charge in [0.15, 0.2) is 5.82 Å². The van der Waals surface area contributed by atoms with E-state index >= 15 is 0 Å². The molecule has 0 unspecified atom stereocenters. The molecule has 0 saturated carbocycles. The Morgan fingerprint density at radius 3 is 2.67 bits per heavy atom. The molecule has 1 atom stereocenters. The van der Waals surface area contributed by atoms with Crippen molar-refractivity contribution in [3.8, 4) is 0 Å². The zero-order chi connectivity index (χ0) is 10.7. The summed E-state index contributed by atoms with van der Waals surface area (Å²) in [7, 11) is 0. The average Bonchev–Trinajstić information content (AvgIpc) is 2.78. The largest absolute Gasteiger partial charge is 0.337 e. The molecule has 0 bridgehead atoms. The molecule has 2 rings (SSSR count). The molecule has 0 saturated heterocycles. The molecule has 0 aliphatic rings. The highest BCUT2D eigenvalue weighted by atomic mass is 16.5. The summed E-state index contributed by atoms with van der Waals surface area (Å²) in [4.78, 5) is 4.20. The molecule has 0 fully saturated rings. The van der Waals surface area contributed by atoms with Crippen LogP contribution >= 0.6 is 0 Å². The summed E-state index contributed by atoms with van der Waals surface area (Å²) in [6.07, 6.45) is 0.755. The lowest BCUT2D eigenvalue weighted by Crippen LogP contribution is -2.12. The predicted molar refractivity (Wildman–Crippen MR) is 56.1 cm³/mol. The fraction of sp³-hybridized carbons (Fsp3) is 0.273. The molecule has 0 aliphatic carbocycles. The summed E-state index contributed by atoms with van der Waals surface area (Å²) in [5.41, 5.74) is 6.96. The molecule has 4 heteroatoms. The molecule has 78 valence electrons. The van der Waals surface area contributed by atoms with E-state index in [4.69, 9.17) is 10.3 Å². The van der Waals surface area contributed by atoms with E-state index < -0.39 is 0 Å². The third-order valence-electron chi connectivity index (χ3n) is 2.22. The van der Waals surface area contributed by atoms with Gasteiger partial charge in [-0.25, -0.2) is 0 Å². The van der Waals surface area contributed by atoms with Gasteiger partial charge in [-0.15, -0.1) is 0 Å². The Morgan fingerprint density at radius 1 is 1.33 bits per heavy atom. The minimum absolute atomic E-state index is 0.334. The second kappa shape index (κ2) is 4.23. The third-order valence-corrected chi connectivity index (χ3v) is 2.22. The Morgan fingerprint density at radius 2 is 2.07 bits per heavy atom. The monoisotopic (exact) mass is 203 g/mol. The maximum absolute atomic E-state index is 5.99.